The molecule has 0 saturated heterocycles. The molecule has 0 bridgehead atoms. The molecular weight excluding hydrogens is 326 g/mol. The first-order valence-electron chi connectivity index (χ1n) is 9.19. The number of benzene rings is 2. The van der Waals surface area contributed by atoms with Gasteiger partial charge >= 0.3 is 5.69 Å². The summed E-state index contributed by atoms with van der Waals surface area (Å²) in [4.78, 5) is 17.6. The van der Waals surface area contributed by atoms with Gasteiger partial charge in [0.1, 0.15) is 5.75 Å². The quantitative estimate of drug-likeness (QED) is 0.743. The third-order valence-electron chi connectivity index (χ3n) is 5.46. The molecule has 1 atom stereocenters. The Bertz CT molecular complexity index is 973. The lowest BCUT2D eigenvalue weighted by Gasteiger charge is -2.31. The Kier molecular flexibility index (Phi) is 4.55. The molecule has 0 amide bonds. The molecule has 3 aromatic rings. The molecule has 5 nitrogen and oxygen atoms in total. The monoisotopic (exact) mass is 351 g/mol. The number of rotatable bonds is 6. The van der Waals surface area contributed by atoms with Crippen molar-refractivity contribution in [2.75, 3.05) is 20.7 Å². The summed E-state index contributed by atoms with van der Waals surface area (Å²) in [6, 6.07) is 14.8. The second kappa shape index (κ2) is 7.00. The van der Waals surface area contributed by atoms with E-state index in [2.05, 4.69) is 35.1 Å². The predicted molar refractivity (Wildman–Crippen MR) is 104 cm³/mol. The summed E-state index contributed by atoms with van der Waals surface area (Å²) in [6.45, 7) is 1.76. The predicted octanol–water partition coefficient (Wildman–Crippen LogP) is 2.83. The van der Waals surface area contributed by atoms with Crippen molar-refractivity contribution in [3.63, 3.8) is 0 Å². The highest BCUT2D eigenvalue weighted by Gasteiger charge is 2.25. The van der Waals surface area contributed by atoms with E-state index in [1.807, 2.05) is 28.8 Å². The van der Waals surface area contributed by atoms with Crippen molar-refractivity contribution in [1.82, 2.24) is 14.5 Å². The molecular formula is C21H25N3O2. The maximum atomic E-state index is 12.3. The Hall–Kier alpha value is -2.53. The van der Waals surface area contributed by atoms with E-state index < -0.39 is 0 Å². The van der Waals surface area contributed by atoms with Gasteiger partial charge in [-0.25, -0.2) is 4.79 Å². The van der Waals surface area contributed by atoms with Gasteiger partial charge in [0.15, 0.2) is 0 Å². The summed E-state index contributed by atoms with van der Waals surface area (Å²) in [5, 5.41) is 0. The van der Waals surface area contributed by atoms with Crippen molar-refractivity contribution < 1.29 is 4.74 Å². The zero-order valence-electron chi connectivity index (χ0n) is 15.4. The second-order valence-corrected chi connectivity index (χ2v) is 7.15. The van der Waals surface area contributed by atoms with Crippen LogP contribution in [-0.4, -0.2) is 41.2 Å². The standard InChI is InChI=1S/C21H25N3O2/c1-23(11-5-7-15-6-3-9-18(12-15)26-2)17-13-16-8-4-10-19-20(16)24(14-17)21(25)22-19/h3-4,6,8-10,12,17H,5,7,11,13-14H2,1-2H3,(H,22,25)/t17-/m0/s1. The van der Waals surface area contributed by atoms with Gasteiger partial charge in [0.2, 0.25) is 0 Å². The molecule has 1 aliphatic heterocycles. The fraction of sp³-hybridized carbons (Fsp3) is 0.381. The molecule has 2 heterocycles. The van der Waals surface area contributed by atoms with Crippen LogP contribution < -0.4 is 10.4 Å². The lowest BCUT2D eigenvalue weighted by molar-refractivity contribution is 0.211. The minimum Gasteiger partial charge on any atom is -0.497 e. The molecule has 2 aromatic carbocycles. The highest BCUT2D eigenvalue weighted by Crippen LogP contribution is 2.24. The van der Waals surface area contributed by atoms with Crippen LogP contribution in [0.3, 0.4) is 0 Å². The van der Waals surface area contributed by atoms with Crippen LogP contribution in [0.5, 0.6) is 5.75 Å². The van der Waals surface area contributed by atoms with Crippen molar-refractivity contribution >= 4 is 11.0 Å². The molecule has 0 unspecified atom stereocenters. The number of imidazole rings is 1. The first-order valence-corrected chi connectivity index (χ1v) is 9.19. The number of nitrogens with one attached hydrogen (secondary N) is 1. The van der Waals surface area contributed by atoms with Crippen LogP contribution in [0.25, 0.3) is 11.0 Å². The Morgan fingerprint density at radius 3 is 2.96 bits per heavy atom. The van der Waals surface area contributed by atoms with Gasteiger partial charge in [-0.15, -0.1) is 0 Å². The molecule has 0 aliphatic carbocycles. The maximum Gasteiger partial charge on any atom is 0.326 e. The maximum absolute atomic E-state index is 12.3. The van der Waals surface area contributed by atoms with Crippen molar-refractivity contribution in [3.05, 3.63) is 64.1 Å². The van der Waals surface area contributed by atoms with Crippen molar-refractivity contribution in [2.24, 2.45) is 0 Å². The molecule has 0 saturated carbocycles. The van der Waals surface area contributed by atoms with Gasteiger partial charge in [0.25, 0.3) is 0 Å². The summed E-state index contributed by atoms with van der Waals surface area (Å²) in [5.41, 5.74) is 4.60. The van der Waals surface area contributed by atoms with Crippen LogP contribution in [-0.2, 0) is 19.4 Å². The molecule has 0 fully saturated rings. The lowest BCUT2D eigenvalue weighted by Crippen LogP contribution is -2.42. The largest absolute Gasteiger partial charge is 0.497 e. The first kappa shape index (κ1) is 16.9. The van der Waals surface area contributed by atoms with Crippen LogP contribution in [0.15, 0.2) is 47.3 Å². The number of hydrogen-bond acceptors (Lipinski definition) is 3. The zero-order chi connectivity index (χ0) is 18.1. The first-order chi connectivity index (χ1) is 12.7. The Labute approximate surface area is 153 Å². The van der Waals surface area contributed by atoms with Crippen LogP contribution in [0.2, 0.25) is 0 Å². The number of ether oxygens (including phenoxy) is 1. The Morgan fingerprint density at radius 2 is 2.12 bits per heavy atom. The fourth-order valence-electron chi connectivity index (χ4n) is 4.00. The van der Waals surface area contributed by atoms with E-state index in [1.54, 1.807) is 7.11 Å². The van der Waals surface area contributed by atoms with Gasteiger partial charge in [-0.2, -0.15) is 0 Å². The molecule has 1 N–H and O–H groups in total. The number of methoxy groups -OCH3 is 1. The van der Waals surface area contributed by atoms with Crippen molar-refractivity contribution in [3.8, 4) is 5.75 Å². The summed E-state index contributed by atoms with van der Waals surface area (Å²) >= 11 is 0. The zero-order valence-corrected chi connectivity index (χ0v) is 15.4. The minimum absolute atomic E-state index is 0.00179. The summed E-state index contributed by atoms with van der Waals surface area (Å²) in [7, 11) is 3.87. The van der Waals surface area contributed by atoms with Crippen LogP contribution in [0.4, 0.5) is 0 Å². The van der Waals surface area contributed by atoms with Crippen molar-refractivity contribution in [1.29, 1.82) is 0 Å². The number of nitrogens with zero attached hydrogens (tertiary/aromatic N) is 2. The van der Waals surface area contributed by atoms with Gasteiger partial charge in [-0.3, -0.25) is 4.57 Å². The SMILES string of the molecule is COc1cccc(CCCN(C)[C@H]2Cc3cccc4[nH]c(=O)n(c34)C2)c1. The normalized spacial score (nSPS) is 16.3. The summed E-state index contributed by atoms with van der Waals surface area (Å²) < 4.78 is 7.20. The van der Waals surface area contributed by atoms with E-state index in [9.17, 15) is 4.79 Å². The lowest BCUT2D eigenvalue weighted by atomic mass is 9.99. The summed E-state index contributed by atoms with van der Waals surface area (Å²) in [6.07, 6.45) is 3.10. The van der Waals surface area contributed by atoms with Crippen molar-refractivity contribution in [2.45, 2.75) is 31.8 Å². The van der Waals surface area contributed by atoms with E-state index >= 15 is 0 Å². The molecule has 4 rings (SSSR count). The number of para-hydroxylation sites is 1. The molecule has 5 heteroatoms. The topological polar surface area (TPSA) is 50.3 Å². The average molecular weight is 351 g/mol. The Balaban J connectivity index is 1.41. The second-order valence-electron chi connectivity index (χ2n) is 7.15. The van der Waals surface area contributed by atoms with Gasteiger partial charge < -0.3 is 14.6 Å². The highest BCUT2D eigenvalue weighted by molar-refractivity contribution is 5.79. The minimum atomic E-state index is 0.00179. The van der Waals surface area contributed by atoms with Crippen LogP contribution >= 0.6 is 0 Å². The molecule has 26 heavy (non-hydrogen) atoms. The van der Waals surface area contributed by atoms with E-state index in [0.717, 1.165) is 49.1 Å². The number of aromatic amines is 1. The van der Waals surface area contributed by atoms with E-state index in [-0.39, 0.29) is 5.69 Å². The number of hydrogen-bond donors (Lipinski definition) is 1. The molecule has 0 spiro atoms. The van der Waals surface area contributed by atoms with E-state index in [0.29, 0.717) is 6.04 Å². The number of H-pyrrole nitrogens is 1. The fourth-order valence-corrected chi connectivity index (χ4v) is 4.00. The third-order valence-corrected chi connectivity index (χ3v) is 5.46. The van der Waals surface area contributed by atoms with Gasteiger partial charge in [-0.1, -0.05) is 24.3 Å². The van der Waals surface area contributed by atoms with Crippen LogP contribution in [0, 0.1) is 0 Å². The number of aromatic nitrogens is 2. The van der Waals surface area contributed by atoms with E-state index in [4.69, 9.17) is 4.74 Å². The van der Waals surface area contributed by atoms with Gasteiger partial charge in [-0.05, 0) is 62.2 Å². The Morgan fingerprint density at radius 1 is 1.27 bits per heavy atom. The van der Waals surface area contributed by atoms with E-state index in [1.165, 1.54) is 11.1 Å². The molecule has 136 valence electrons. The highest BCUT2D eigenvalue weighted by atomic mass is 16.5. The van der Waals surface area contributed by atoms with Gasteiger partial charge in [0, 0.05) is 12.6 Å². The average Bonchev–Trinajstić information content (AvgIpc) is 2.99. The third kappa shape index (κ3) is 3.15. The smallest absolute Gasteiger partial charge is 0.326 e. The number of aryl methyl sites for hydroxylation is 1. The van der Waals surface area contributed by atoms with Crippen LogP contribution in [0.1, 0.15) is 17.5 Å². The summed E-state index contributed by atoms with van der Waals surface area (Å²) in [5.74, 6) is 0.913. The molecule has 1 aliphatic rings. The molecule has 1 aromatic heterocycles. The molecule has 0 radical (unpaired) electrons. The number of likely N-dealkylation sites (N-methyl/N-ethyl adjacent to an activating group) is 1. The van der Waals surface area contributed by atoms with Gasteiger partial charge in [0.05, 0.1) is 18.1 Å².